The van der Waals surface area contributed by atoms with Gasteiger partial charge in [-0.3, -0.25) is 9.59 Å². The zero-order chi connectivity index (χ0) is 17.2. The van der Waals surface area contributed by atoms with E-state index < -0.39 is 11.5 Å². The Balaban J connectivity index is 1.64. The summed E-state index contributed by atoms with van der Waals surface area (Å²) in [4.78, 5) is 28.7. The fourth-order valence-corrected chi connectivity index (χ4v) is 4.55. The third kappa shape index (κ3) is 4.13. The molecular weight excluding hydrogens is 372 g/mol. The molecule has 6 nitrogen and oxygen atoms in total. The number of amides is 1. The van der Waals surface area contributed by atoms with Crippen LogP contribution in [-0.2, 0) is 20.7 Å². The molecule has 2 aromatic rings. The summed E-state index contributed by atoms with van der Waals surface area (Å²) in [5, 5.41) is 14.5. The van der Waals surface area contributed by atoms with E-state index in [0.717, 1.165) is 9.88 Å². The van der Waals surface area contributed by atoms with Gasteiger partial charge >= 0.3 is 5.97 Å². The summed E-state index contributed by atoms with van der Waals surface area (Å²) in [5.74, 6) is -1.20. The van der Waals surface area contributed by atoms with Crippen LogP contribution in [0.5, 0.6) is 0 Å². The van der Waals surface area contributed by atoms with E-state index in [1.165, 1.54) is 22.7 Å². The SMILES string of the molecule is O=C(O)CC1(NC(=O)Cc2csc(-c3ccc(Cl)s3)n2)CCOC1. The number of aliphatic carboxylic acids is 1. The Hall–Kier alpha value is -1.48. The van der Waals surface area contributed by atoms with E-state index in [-0.39, 0.29) is 25.4 Å². The minimum absolute atomic E-state index is 0.108. The molecule has 2 aromatic heterocycles. The van der Waals surface area contributed by atoms with Crippen molar-refractivity contribution in [2.75, 3.05) is 13.2 Å². The van der Waals surface area contributed by atoms with Crippen molar-refractivity contribution in [2.45, 2.75) is 24.8 Å². The van der Waals surface area contributed by atoms with Crippen molar-refractivity contribution >= 4 is 46.2 Å². The van der Waals surface area contributed by atoms with Crippen molar-refractivity contribution in [3.8, 4) is 9.88 Å². The van der Waals surface area contributed by atoms with Gasteiger partial charge in [-0.1, -0.05) is 11.6 Å². The zero-order valence-corrected chi connectivity index (χ0v) is 15.0. The number of nitrogens with one attached hydrogen (secondary N) is 1. The van der Waals surface area contributed by atoms with Crippen LogP contribution in [-0.4, -0.2) is 40.7 Å². The Labute approximate surface area is 151 Å². The van der Waals surface area contributed by atoms with Gasteiger partial charge in [-0.15, -0.1) is 22.7 Å². The maximum absolute atomic E-state index is 12.3. The molecule has 1 saturated heterocycles. The van der Waals surface area contributed by atoms with Gasteiger partial charge in [-0.25, -0.2) is 4.98 Å². The summed E-state index contributed by atoms with van der Waals surface area (Å²) < 4.78 is 5.97. The highest BCUT2D eigenvalue weighted by Crippen LogP contribution is 2.33. The first-order chi connectivity index (χ1) is 11.5. The highest BCUT2D eigenvalue weighted by atomic mass is 35.5. The molecule has 0 saturated carbocycles. The van der Waals surface area contributed by atoms with E-state index in [0.29, 0.717) is 23.1 Å². The van der Waals surface area contributed by atoms with Crippen molar-refractivity contribution in [3.63, 3.8) is 0 Å². The fraction of sp³-hybridized carbons (Fsp3) is 0.400. The molecular formula is C15H15ClN2O4S2. The van der Waals surface area contributed by atoms with Gasteiger partial charge in [0.25, 0.3) is 0 Å². The number of hydrogen-bond acceptors (Lipinski definition) is 6. The zero-order valence-electron chi connectivity index (χ0n) is 12.6. The minimum Gasteiger partial charge on any atom is -0.481 e. The first-order valence-electron chi connectivity index (χ1n) is 7.26. The summed E-state index contributed by atoms with van der Waals surface area (Å²) in [7, 11) is 0. The molecule has 0 aliphatic carbocycles. The van der Waals surface area contributed by atoms with E-state index in [2.05, 4.69) is 10.3 Å². The number of rotatable bonds is 6. The Morgan fingerprint density at radius 1 is 1.46 bits per heavy atom. The van der Waals surface area contributed by atoms with Crippen molar-refractivity contribution in [1.82, 2.24) is 10.3 Å². The van der Waals surface area contributed by atoms with Crippen LogP contribution in [0.25, 0.3) is 9.88 Å². The van der Waals surface area contributed by atoms with Gasteiger partial charge in [0.1, 0.15) is 5.01 Å². The summed E-state index contributed by atoms with van der Waals surface area (Å²) in [6.07, 6.45) is 0.465. The maximum atomic E-state index is 12.3. The summed E-state index contributed by atoms with van der Waals surface area (Å²) in [6.45, 7) is 0.675. The van der Waals surface area contributed by atoms with Gasteiger partial charge in [0, 0.05) is 12.0 Å². The van der Waals surface area contributed by atoms with E-state index in [9.17, 15) is 9.59 Å². The van der Waals surface area contributed by atoms with E-state index in [4.69, 9.17) is 21.4 Å². The molecule has 1 atom stereocenters. The van der Waals surface area contributed by atoms with Gasteiger partial charge in [0.05, 0.1) is 39.9 Å². The quantitative estimate of drug-likeness (QED) is 0.796. The van der Waals surface area contributed by atoms with E-state index in [1.807, 2.05) is 17.5 Å². The number of hydrogen-bond donors (Lipinski definition) is 2. The van der Waals surface area contributed by atoms with Crippen molar-refractivity contribution < 1.29 is 19.4 Å². The number of ether oxygens (including phenoxy) is 1. The lowest BCUT2D eigenvalue weighted by atomic mass is 9.94. The van der Waals surface area contributed by atoms with Crippen LogP contribution in [0.3, 0.4) is 0 Å². The number of carboxylic acids is 1. The van der Waals surface area contributed by atoms with Gasteiger partial charge in [-0.2, -0.15) is 0 Å². The van der Waals surface area contributed by atoms with Gasteiger partial charge in [0.2, 0.25) is 5.91 Å². The van der Waals surface area contributed by atoms with E-state index in [1.54, 1.807) is 0 Å². The number of nitrogens with zero attached hydrogens (tertiary/aromatic N) is 1. The molecule has 1 unspecified atom stereocenters. The molecule has 0 bridgehead atoms. The van der Waals surface area contributed by atoms with Crippen molar-refractivity contribution in [3.05, 3.63) is 27.5 Å². The Kier molecular flexibility index (Phi) is 5.19. The lowest BCUT2D eigenvalue weighted by Crippen LogP contribution is -2.51. The number of halogens is 1. The molecule has 3 rings (SSSR count). The molecule has 128 valence electrons. The number of thiophene rings is 1. The second kappa shape index (κ2) is 7.18. The van der Waals surface area contributed by atoms with Crippen LogP contribution in [0.4, 0.5) is 0 Å². The third-order valence-corrected chi connectivity index (χ3v) is 5.97. The molecule has 2 N–H and O–H groups in total. The smallest absolute Gasteiger partial charge is 0.305 e. The number of aromatic nitrogens is 1. The van der Waals surface area contributed by atoms with Crippen molar-refractivity contribution in [2.24, 2.45) is 0 Å². The number of carbonyl (C=O) groups excluding carboxylic acids is 1. The second-order valence-corrected chi connectivity index (χ2v) is 8.20. The fourth-order valence-electron chi connectivity index (χ4n) is 2.61. The molecule has 1 aliphatic rings. The average Bonchev–Trinajstić information content (AvgIpc) is 3.20. The Morgan fingerprint density at radius 2 is 2.29 bits per heavy atom. The van der Waals surface area contributed by atoms with Gasteiger partial charge < -0.3 is 15.2 Å². The van der Waals surface area contributed by atoms with Crippen LogP contribution in [0.1, 0.15) is 18.5 Å². The molecule has 9 heteroatoms. The predicted molar refractivity (Wildman–Crippen MR) is 92.7 cm³/mol. The average molecular weight is 387 g/mol. The largest absolute Gasteiger partial charge is 0.481 e. The second-order valence-electron chi connectivity index (χ2n) is 5.63. The van der Waals surface area contributed by atoms with Gasteiger partial charge in [-0.05, 0) is 18.6 Å². The van der Waals surface area contributed by atoms with Crippen LogP contribution < -0.4 is 5.32 Å². The lowest BCUT2D eigenvalue weighted by Gasteiger charge is -2.26. The first kappa shape index (κ1) is 17.3. The number of carboxylic acid groups (broad SMARTS) is 1. The maximum Gasteiger partial charge on any atom is 0.305 e. The Morgan fingerprint density at radius 3 is 2.92 bits per heavy atom. The lowest BCUT2D eigenvalue weighted by molar-refractivity contribution is -0.139. The molecule has 1 fully saturated rings. The molecule has 0 spiro atoms. The Bertz CT molecular complexity index is 752. The van der Waals surface area contributed by atoms with Crippen LogP contribution in [0.15, 0.2) is 17.5 Å². The van der Waals surface area contributed by atoms with Crippen LogP contribution in [0.2, 0.25) is 4.34 Å². The predicted octanol–water partition coefficient (Wildman–Crippen LogP) is 2.82. The van der Waals surface area contributed by atoms with Gasteiger partial charge in [0.15, 0.2) is 0 Å². The van der Waals surface area contributed by atoms with E-state index >= 15 is 0 Å². The first-order valence-corrected chi connectivity index (χ1v) is 9.34. The molecule has 3 heterocycles. The highest BCUT2D eigenvalue weighted by Gasteiger charge is 2.38. The summed E-state index contributed by atoms with van der Waals surface area (Å²) >= 11 is 8.81. The van der Waals surface area contributed by atoms with Crippen LogP contribution in [0, 0.1) is 0 Å². The molecule has 0 radical (unpaired) electrons. The number of carbonyl (C=O) groups is 2. The monoisotopic (exact) mass is 386 g/mol. The summed E-state index contributed by atoms with van der Waals surface area (Å²) in [5.41, 5.74) is -0.162. The minimum atomic E-state index is -0.952. The third-order valence-electron chi connectivity index (χ3n) is 3.67. The molecule has 1 amide bonds. The van der Waals surface area contributed by atoms with Crippen LogP contribution >= 0.6 is 34.3 Å². The summed E-state index contributed by atoms with van der Waals surface area (Å²) in [6, 6.07) is 3.71. The molecule has 24 heavy (non-hydrogen) atoms. The molecule has 0 aromatic carbocycles. The highest BCUT2D eigenvalue weighted by molar-refractivity contribution is 7.23. The number of thiazole rings is 1. The normalized spacial score (nSPS) is 20.2. The standard InChI is InChI=1S/C15H15ClN2O4S2/c16-11-2-1-10(24-11)14-17-9(7-23-14)5-12(19)18-15(6-13(20)21)3-4-22-8-15/h1-2,7H,3-6,8H2,(H,18,19)(H,20,21). The van der Waals surface area contributed by atoms with Crippen molar-refractivity contribution in [1.29, 1.82) is 0 Å². The topological polar surface area (TPSA) is 88.5 Å². The molecule has 1 aliphatic heterocycles.